The fraction of sp³-hybridized carbons (Fsp3) is 1.00. The standard InChI is InChI=1S/C12H21F4NO2/c1-2-5-17-6-9-3-4-10(19-9)7-18-8-12(15,16)11(13)14/h9-11,17H,2-8H2,1H3. The summed E-state index contributed by atoms with van der Waals surface area (Å²) in [7, 11) is 0. The lowest BCUT2D eigenvalue weighted by molar-refractivity contribution is -0.172. The Bertz CT molecular complexity index is 254. The molecule has 0 aromatic heterocycles. The fourth-order valence-electron chi connectivity index (χ4n) is 1.88. The lowest BCUT2D eigenvalue weighted by atomic mass is 10.2. The molecular formula is C12H21F4NO2. The minimum atomic E-state index is -4.08. The third-order valence-electron chi connectivity index (χ3n) is 2.91. The van der Waals surface area contributed by atoms with Gasteiger partial charge in [-0.05, 0) is 25.8 Å². The number of halogens is 4. The average Bonchev–Trinajstić information content (AvgIpc) is 2.77. The van der Waals surface area contributed by atoms with Gasteiger partial charge in [0.05, 0.1) is 18.8 Å². The highest BCUT2D eigenvalue weighted by atomic mass is 19.3. The SMILES string of the molecule is CCCNCC1CCC(COCC(F)(F)C(F)F)O1. The van der Waals surface area contributed by atoms with Crippen LogP contribution in [0.5, 0.6) is 0 Å². The smallest absolute Gasteiger partial charge is 0.330 e. The van der Waals surface area contributed by atoms with Gasteiger partial charge in [0.1, 0.15) is 6.61 Å². The molecule has 0 bridgehead atoms. The number of hydrogen-bond acceptors (Lipinski definition) is 3. The molecule has 1 saturated heterocycles. The Morgan fingerprint density at radius 1 is 1.32 bits per heavy atom. The van der Waals surface area contributed by atoms with Crippen molar-refractivity contribution in [2.24, 2.45) is 0 Å². The van der Waals surface area contributed by atoms with Crippen LogP contribution < -0.4 is 5.32 Å². The van der Waals surface area contributed by atoms with Crippen LogP contribution in [0.4, 0.5) is 17.6 Å². The molecule has 1 heterocycles. The van der Waals surface area contributed by atoms with Gasteiger partial charge in [-0.2, -0.15) is 8.78 Å². The van der Waals surface area contributed by atoms with Crippen molar-refractivity contribution >= 4 is 0 Å². The second-order valence-electron chi connectivity index (χ2n) is 4.74. The molecule has 114 valence electrons. The van der Waals surface area contributed by atoms with Gasteiger partial charge in [-0.15, -0.1) is 0 Å². The summed E-state index contributed by atoms with van der Waals surface area (Å²) in [5, 5.41) is 3.21. The first-order chi connectivity index (χ1) is 8.95. The molecular weight excluding hydrogens is 266 g/mol. The Kier molecular flexibility index (Phi) is 7.02. The van der Waals surface area contributed by atoms with E-state index in [9.17, 15) is 17.6 Å². The number of alkyl halides is 4. The molecule has 0 aliphatic carbocycles. The van der Waals surface area contributed by atoms with Crippen LogP contribution in [0.3, 0.4) is 0 Å². The highest BCUT2D eigenvalue weighted by Crippen LogP contribution is 2.24. The van der Waals surface area contributed by atoms with E-state index in [4.69, 9.17) is 4.74 Å². The molecule has 1 N–H and O–H groups in total. The summed E-state index contributed by atoms with van der Waals surface area (Å²) in [6.45, 7) is 2.36. The van der Waals surface area contributed by atoms with Gasteiger partial charge in [0.15, 0.2) is 0 Å². The van der Waals surface area contributed by atoms with Gasteiger partial charge in [-0.1, -0.05) is 6.92 Å². The van der Waals surface area contributed by atoms with Gasteiger partial charge < -0.3 is 14.8 Å². The third kappa shape index (κ3) is 6.05. The van der Waals surface area contributed by atoms with Crippen LogP contribution in [-0.2, 0) is 9.47 Å². The van der Waals surface area contributed by atoms with E-state index < -0.39 is 19.0 Å². The molecule has 0 saturated carbocycles. The van der Waals surface area contributed by atoms with E-state index in [1.165, 1.54) is 0 Å². The van der Waals surface area contributed by atoms with Crippen LogP contribution in [0.1, 0.15) is 26.2 Å². The predicted octanol–water partition coefficient (Wildman–Crippen LogP) is 2.45. The van der Waals surface area contributed by atoms with Gasteiger partial charge in [0, 0.05) is 6.54 Å². The quantitative estimate of drug-likeness (QED) is 0.522. The van der Waals surface area contributed by atoms with E-state index in [1.807, 2.05) is 0 Å². The molecule has 2 unspecified atom stereocenters. The van der Waals surface area contributed by atoms with Gasteiger partial charge in [-0.25, -0.2) is 8.78 Å². The molecule has 19 heavy (non-hydrogen) atoms. The van der Waals surface area contributed by atoms with E-state index in [0.717, 1.165) is 25.9 Å². The molecule has 7 heteroatoms. The van der Waals surface area contributed by atoms with Crippen LogP contribution in [0.2, 0.25) is 0 Å². The Labute approximate surface area is 110 Å². The van der Waals surface area contributed by atoms with Crippen molar-refractivity contribution in [1.29, 1.82) is 0 Å². The summed E-state index contributed by atoms with van der Waals surface area (Å²) in [6.07, 6.45) is -1.35. The molecule has 1 fully saturated rings. The highest BCUT2D eigenvalue weighted by molar-refractivity contribution is 4.76. The lowest BCUT2D eigenvalue weighted by Gasteiger charge is -2.18. The second kappa shape index (κ2) is 8.01. The summed E-state index contributed by atoms with van der Waals surface area (Å²) in [6, 6.07) is 0. The lowest BCUT2D eigenvalue weighted by Crippen LogP contribution is -2.34. The highest BCUT2D eigenvalue weighted by Gasteiger charge is 2.41. The van der Waals surface area contributed by atoms with Crippen molar-refractivity contribution in [3.05, 3.63) is 0 Å². The zero-order valence-corrected chi connectivity index (χ0v) is 11.0. The number of nitrogens with one attached hydrogen (secondary N) is 1. The summed E-state index contributed by atoms with van der Waals surface area (Å²) < 4.78 is 59.1. The van der Waals surface area contributed by atoms with E-state index in [2.05, 4.69) is 17.0 Å². The molecule has 0 aromatic rings. The van der Waals surface area contributed by atoms with Crippen molar-refractivity contribution in [3.8, 4) is 0 Å². The first-order valence-electron chi connectivity index (χ1n) is 6.55. The minimum absolute atomic E-state index is 0.0516. The van der Waals surface area contributed by atoms with E-state index in [0.29, 0.717) is 6.42 Å². The van der Waals surface area contributed by atoms with Crippen LogP contribution in [0.25, 0.3) is 0 Å². The topological polar surface area (TPSA) is 30.5 Å². The average molecular weight is 287 g/mol. The molecule has 2 atom stereocenters. The Balaban J connectivity index is 2.12. The molecule has 0 spiro atoms. The molecule has 1 rings (SSSR count). The Morgan fingerprint density at radius 3 is 2.63 bits per heavy atom. The zero-order valence-electron chi connectivity index (χ0n) is 11.0. The monoisotopic (exact) mass is 287 g/mol. The molecule has 0 aromatic carbocycles. The maximum absolute atomic E-state index is 12.6. The first-order valence-corrected chi connectivity index (χ1v) is 6.55. The Hall–Kier alpha value is -0.400. The summed E-state index contributed by atoms with van der Waals surface area (Å²) >= 11 is 0. The third-order valence-corrected chi connectivity index (χ3v) is 2.91. The van der Waals surface area contributed by atoms with E-state index in [-0.39, 0.29) is 18.8 Å². The zero-order chi connectivity index (χ0) is 14.3. The largest absolute Gasteiger partial charge is 0.372 e. The first kappa shape index (κ1) is 16.7. The van der Waals surface area contributed by atoms with Gasteiger partial charge in [-0.3, -0.25) is 0 Å². The summed E-state index contributed by atoms with van der Waals surface area (Å²) in [5.41, 5.74) is 0. The maximum Gasteiger partial charge on any atom is 0.330 e. The van der Waals surface area contributed by atoms with Gasteiger partial charge in [0.2, 0.25) is 0 Å². The second-order valence-corrected chi connectivity index (χ2v) is 4.74. The molecule has 0 radical (unpaired) electrons. The van der Waals surface area contributed by atoms with Crippen LogP contribution in [0.15, 0.2) is 0 Å². The summed E-state index contributed by atoms with van der Waals surface area (Å²) in [5.74, 6) is -4.08. The van der Waals surface area contributed by atoms with E-state index >= 15 is 0 Å². The molecule has 0 amide bonds. The predicted molar refractivity (Wildman–Crippen MR) is 62.8 cm³/mol. The fourth-order valence-corrected chi connectivity index (χ4v) is 1.88. The number of hydrogen-bond donors (Lipinski definition) is 1. The van der Waals surface area contributed by atoms with Crippen LogP contribution >= 0.6 is 0 Å². The molecule has 1 aliphatic heterocycles. The normalized spacial score (nSPS) is 24.3. The summed E-state index contributed by atoms with van der Waals surface area (Å²) in [4.78, 5) is 0. The van der Waals surface area contributed by atoms with Crippen molar-refractivity contribution in [3.63, 3.8) is 0 Å². The van der Waals surface area contributed by atoms with Crippen molar-refractivity contribution < 1.29 is 27.0 Å². The maximum atomic E-state index is 12.6. The minimum Gasteiger partial charge on any atom is -0.372 e. The van der Waals surface area contributed by atoms with Gasteiger partial charge in [0.25, 0.3) is 0 Å². The van der Waals surface area contributed by atoms with Crippen molar-refractivity contribution in [2.75, 3.05) is 26.3 Å². The van der Waals surface area contributed by atoms with Crippen LogP contribution in [-0.4, -0.2) is 50.9 Å². The number of ether oxygens (including phenoxy) is 2. The molecule has 1 aliphatic rings. The van der Waals surface area contributed by atoms with Crippen LogP contribution in [0, 0.1) is 0 Å². The molecule has 3 nitrogen and oxygen atoms in total. The van der Waals surface area contributed by atoms with Crippen molar-refractivity contribution in [2.45, 2.75) is 50.7 Å². The van der Waals surface area contributed by atoms with E-state index in [1.54, 1.807) is 0 Å². The van der Waals surface area contributed by atoms with Gasteiger partial charge >= 0.3 is 12.3 Å². The Morgan fingerprint density at radius 2 is 2.00 bits per heavy atom. The van der Waals surface area contributed by atoms with Crippen molar-refractivity contribution in [1.82, 2.24) is 5.32 Å². The number of rotatable bonds is 9.